The second-order valence-electron chi connectivity index (χ2n) is 4.15. The van der Waals surface area contributed by atoms with E-state index in [0.29, 0.717) is 20.9 Å². The van der Waals surface area contributed by atoms with Gasteiger partial charge < -0.3 is 15.8 Å². The molecule has 2 rings (SSSR count). The second-order valence-corrected chi connectivity index (χ2v) is 5.47. The highest BCUT2D eigenvalue weighted by molar-refractivity contribution is 9.10. The van der Waals surface area contributed by atoms with E-state index in [9.17, 15) is 9.18 Å². The lowest BCUT2D eigenvalue weighted by atomic mass is 10.3. The summed E-state index contributed by atoms with van der Waals surface area (Å²) in [5.41, 5.74) is 6.47. The van der Waals surface area contributed by atoms with Crippen LogP contribution in [-0.2, 0) is 4.79 Å². The molecule has 1 amide bonds. The number of nitrogens with two attached hydrogens (primary N) is 1. The van der Waals surface area contributed by atoms with E-state index in [1.165, 1.54) is 18.2 Å². The van der Waals surface area contributed by atoms with Crippen molar-refractivity contribution in [3.8, 4) is 5.75 Å². The van der Waals surface area contributed by atoms with Gasteiger partial charge in [0.05, 0.1) is 10.7 Å². The number of halogens is 3. The van der Waals surface area contributed by atoms with Crippen molar-refractivity contribution in [2.75, 3.05) is 17.7 Å². The third-order valence-electron chi connectivity index (χ3n) is 2.53. The Balaban J connectivity index is 1.95. The maximum Gasteiger partial charge on any atom is 0.262 e. The van der Waals surface area contributed by atoms with Crippen LogP contribution in [-0.4, -0.2) is 12.5 Å². The highest BCUT2D eigenvalue weighted by atomic mass is 79.9. The van der Waals surface area contributed by atoms with Crippen molar-refractivity contribution in [1.29, 1.82) is 0 Å². The quantitative estimate of drug-likeness (QED) is 0.800. The van der Waals surface area contributed by atoms with E-state index in [1.54, 1.807) is 18.2 Å². The van der Waals surface area contributed by atoms with Crippen molar-refractivity contribution in [2.24, 2.45) is 0 Å². The third kappa shape index (κ3) is 4.34. The molecule has 2 aromatic rings. The minimum absolute atomic E-state index is 0.00450. The van der Waals surface area contributed by atoms with E-state index >= 15 is 0 Å². The Hall–Kier alpha value is -1.79. The van der Waals surface area contributed by atoms with Crippen LogP contribution < -0.4 is 15.8 Å². The van der Waals surface area contributed by atoms with Crippen LogP contribution in [0.15, 0.2) is 40.9 Å². The molecular formula is C14H11BrClFN2O2. The van der Waals surface area contributed by atoms with Gasteiger partial charge in [0.1, 0.15) is 0 Å². The lowest BCUT2D eigenvalue weighted by Crippen LogP contribution is -2.20. The number of nitrogens with one attached hydrogen (secondary N) is 1. The summed E-state index contributed by atoms with van der Waals surface area (Å²) in [6.07, 6.45) is 0. The van der Waals surface area contributed by atoms with Crippen LogP contribution in [0.2, 0.25) is 5.02 Å². The first-order valence-electron chi connectivity index (χ1n) is 5.88. The summed E-state index contributed by atoms with van der Waals surface area (Å²) in [5.74, 6) is -0.979. The van der Waals surface area contributed by atoms with Crippen LogP contribution in [0, 0.1) is 5.82 Å². The zero-order valence-electron chi connectivity index (χ0n) is 10.7. The molecule has 7 heteroatoms. The van der Waals surface area contributed by atoms with E-state index in [0.717, 1.165) is 0 Å². The van der Waals surface area contributed by atoms with Crippen LogP contribution in [0.25, 0.3) is 0 Å². The lowest BCUT2D eigenvalue weighted by molar-refractivity contribution is -0.118. The van der Waals surface area contributed by atoms with Crippen LogP contribution in [0.3, 0.4) is 0 Å². The standard InChI is InChI=1S/C14H11BrClFN2O2/c15-8-1-4-11(17)13(5-8)21-7-14(20)19-9-2-3-10(16)12(18)6-9/h1-6H,7,18H2,(H,19,20). The Morgan fingerprint density at radius 1 is 1.33 bits per heavy atom. The number of amides is 1. The van der Waals surface area contributed by atoms with Crippen LogP contribution in [0.1, 0.15) is 0 Å². The minimum Gasteiger partial charge on any atom is -0.481 e. The number of carbonyl (C=O) groups is 1. The first-order chi connectivity index (χ1) is 9.95. The molecule has 4 nitrogen and oxygen atoms in total. The Morgan fingerprint density at radius 2 is 2.10 bits per heavy atom. The predicted molar refractivity (Wildman–Crippen MR) is 84.1 cm³/mol. The van der Waals surface area contributed by atoms with E-state index in [2.05, 4.69) is 21.2 Å². The van der Waals surface area contributed by atoms with Gasteiger partial charge in [-0.15, -0.1) is 0 Å². The molecule has 2 aromatic carbocycles. The lowest BCUT2D eigenvalue weighted by Gasteiger charge is -2.09. The first kappa shape index (κ1) is 15.6. The molecule has 0 saturated carbocycles. The normalized spacial score (nSPS) is 10.2. The van der Waals surface area contributed by atoms with Crippen molar-refractivity contribution in [2.45, 2.75) is 0 Å². The fraction of sp³-hybridized carbons (Fsp3) is 0.0714. The molecule has 0 fully saturated rings. The van der Waals surface area contributed by atoms with Crippen molar-refractivity contribution in [1.82, 2.24) is 0 Å². The van der Waals surface area contributed by atoms with Gasteiger partial charge in [-0.3, -0.25) is 4.79 Å². The van der Waals surface area contributed by atoms with Gasteiger partial charge in [-0.25, -0.2) is 4.39 Å². The number of anilines is 2. The molecule has 0 unspecified atom stereocenters. The van der Waals surface area contributed by atoms with Gasteiger partial charge in [-0.1, -0.05) is 27.5 Å². The Kier molecular flexibility index (Phi) is 5.03. The van der Waals surface area contributed by atoms with Crippen molar-refractivity contribution >= 4 is 44.8 Å². The van der Waals surface area contributed by atoms with Crippen LogP contribution in [0.5, 0.6) is 5.75 Å². The maximum absolute atomic E-state index is 13.4. The van der Waals surface area contributed by atoms with E-state index in [-0.39, 0.29) is 12.4 Å². The fourth-order valence-corrected chi connectivity index (χ4v) is 2.01. The number of benzene rings is 2. The molecule has 3 N–H and O–H groups in total. The summed E-state index contributed by atoms with van der Waals surface area (Å²) in [5, 5.41) is 2.98. The topological polar surface area (TPSA) is 64.3 Å². The van der Waals surface area contributed by atoms with Crippen molar-refractivity contribution < 1.29 is 13.9 Å². The van der Waals surface area contributed by atoms with E-state index in [4.69, 9.17) is 22.1 Å². The smallest absolute Gasteiger partial charge is 0.262 e. The highest BCUT2D eigenvalue weighted by Gasteiger charge is 2.08. The third-order valence-corrected chi connectivity index (χ3v) is 3.37. The molecule has 0 aromatic heterocycles. The average molecular weight is 374 g/mol. The Morgan fingerprint density at radius 3 is 2.81 bits per heavy atom. The van der Waals surface area contributed by atoms with Gasteiger partial charge in [0, 0.05) is 10.2 Å². The summed E-state index contributed by atoms with van der Waals surface area (Å²) in [4.78, 5) is 11.7. The summed E-state index contributed by atoms with van der Waals surface area (Å²) < 4.78 is 19.2. The number of carbonyl (C=O) groups excluding carboxylic acids is 1. The molecular weight excluding hydrogens is 363 g/mol. The molecule has 0 aliphatic heterocycles. The highest BCUT2D eigenvalue weighted by Crippen LogP contribution is 2.23. The molecule has 0 atom stereocenters. The first-order valence-corrected chi connectivity index (χ1v) is 7.05. The van der Waals surface area contributed by atoms with Crippen LogP contribution in [0.4, 0.5) is 15.8 Å². The predicted octanol–water partition coefficient (Wildman–Crippen LogP) is 3.84. The minimum atomic E-state index is -0.540. The zero-order chi connectivity index (χ0) is 15.4. The summed E-state index contributed by atoms with van der Waals surface area (Å²) in [6, 6.07) is 8.94. The molecule has 0 heterocycles. The molecule has 0 aliphatic carbocycles. The summed E-state index contributed by atoms with van der Waals surface area (Å²) in [6.45, 7) is -0.324. The molecule has 0 bridgehead atoms. The number of ether oxygens (including phenoxy) is 1. The average Bonchev–Trinajstić information content (AvgIpc) is 2.44. The summed E-state index contributed by atoms with van der Waals surface area (Å²) >= 11 is 8.98. The van der Waals surface area contributed by atoms with E-state index in [1.807, 2.05) is 0 Å². The summed E-state index contributed by atoms with van der Waals surface area (Å²) in [7, 11) is 0. The molecule has 0 spiro atoms. The molecule has 110 valence electrons. The van der Waals surface area contributed by atoms with Gasteiger partial charge in [-0.05, 0) is 36.4 Å². The molecule has 0 saturated heterocycles. The van der Waals surface area contributed by atoms with Gasteiger partial charge in [0.2, 0.25) is 0 Å². The zero-order valence-corrected chi connectivity index (χ0v) is 13.0. The molecule has 21 heavy (non-hydrogen) atoms. The largest absolute Gasteiger partial charge is 0.481 e. The Labute approximate surface area is 134 Å². The SMILES string of the molecule is Nc1cc(NC(=O)COc2cc(Br)ccc2F)ccc1Cl. The number of nitrogen functional groups attached to an aromatic ring is 1. The van der Waals surface area contributed by atoms with Gasteiger partial charge in [0.15, 0.2) is 18.2 Å². The maximum atomic E-state index is 13.4. The van der Waals surface area contributed by atoms with Gasteiger partial charge in [0.25, 0.3) is 5.91 Å². The van der Waals surface area contributed by atoms with Crippen LogP contribution >= 0.6 is 27.5 Å². The monoisotopic (exact) mass is 372 g/mol. The number of rotatable bonds is 4. The Bertz CT molecular complexity index is 682. The molecule has 0 aliphatic rings. The van der Waals surface area contributed by atoms with E-state index < -0.39 is 11.7 Å². The fourth-order valence-electron chi connectivity index (χ4n) is 1.55. The van der Waals surface area contributed by atoms with Gasteiger partial charge in [-0.2, -0.15) is 0 Å². The second kappa shape index (κ2) is 6.78. The number of hydrogen-bond donors (Lipinski definition) is 2. The number of hydrogen-bond acceptors (Lipinski definition) is 3. The van der Waals surface area contributed by atoms with Gasteiger partial charge >= 0.3 is 0 Å². The van der Waals surface area contributed by atoms with Crippen molar-refractivity contribution in [3.05, 3.63) is 51.7 Å². The van der Waals surface area contributed by atoms with Crippen molar-refractivity contribution in [3.63, 3.8) is 0 Å². The molecule has 0 radical (unpaired) electrons.